The number of carbonyl (C=O) groups is 3. The fourth-order valence-corrected chi connectivity index (χ4v) is 3.47. The second-order valence-corrected chi connectivity index (χ2v) is 7.05. The lowest BCUT2D eigenvalue weighted by Gasteiger charge is -2.25. The summed E-state index contributed by atoms with van der Waals surface area (Å²) in [6.07, 6.45) is -4.05. The molecule has 1 fully saturated rings. The van der Waals surface area contributed by atoms with E-state index in [0.717, 1.165) is 17.7 Å². The molecule has 9 heteroatoms. The molecule has 0 bridgehead atoms. The molecule has 0 radical (unpaired) electrons. The van der Waals surface area contributed by atoms with Crippen LogP contribution < -0.4 is 10.6 Å². The highest BCUT2D eigenvalue weighted by Gasteiger charge is 2.52. The van der Waals surface area contributed by atoms with Gasteiger partial charge in [-0.1, -0.05) is 43.3 Å². The van der Waals surface area contributed by atoms with Crippen molar-refractivity contribution in [3.63, 3.8) is 0 Å². The number of anilines is 1. The monoisotopic (exact) mass is 419 g/mol. The van der Waals surface area contributed by atoms with E-state index in [0.29, 0.717) is 17.0 Å². The Kier molecular flexibility index (Phi) is 5.56. The minimum absolute atomic E-state index is 0.380. The lowest BCUT2D eigenvalue weighted by Crippen LogP contribution is -2.43. The zero-order valence-electron chi connectivity index (χ0n) is 16.3. The summed E-state index contributed by atoms with van der Waals surface area (Å²) in [5.41, 5.74) is -1.93. The summed E-state index contributed by atoms with van der Waals surface area (Å²) in [5.74, 6) is -1.56. The van der Waals surface area contributed by atoms with Gasteiger partial charge < -0.3 is 10.6 Å². The van der Waals surface area contributed by atoms with Crippen LogP contribution in [0.3, 0.4) is 0 Å². The molecule has 30 heavy (non-hydrogen) atoms. The third-order valence-corrected chi connectivity index (χ3v) is 5.02. The van der Waals surface area contributed by atoms with Gasteiger partial charge in [0.15, 0.2) is 0 Å². The average molecular weight is 419 g/mol. The summed E-state index contributed by atoms with van der Waals surface area (Å²) in [6, 6.07) is 10.7. The number of nitrogens with zero attached hydrogens (tertiary/aromatic N) is 1. The number of urea groups is 1. The molecule has 2 N–H and O–H groups in total. The Morgan fingerprint density at radius 2 is 1.73 bits per heavy atom. The minimum atomic E-state index is -4.71. The lowest BCUT2D eigenvalue weighted by molar-refractivity contribution is -0.140. The molecule has 0 spiro atoms. The van der Waals surface area contributed by atoms with Gasteiger partial charge in [0.25, 0.3) is 5.91 Å². The molecule has 0 aliphatic carbocycles. The predicted octanol–water partition coefficient (Wildman–Crippen LogP) is 3.67. The quantitative estimate of drug-likeness (QED) is 0.726. The van der Waals surface area contributed by atoms with Gasteiger partial charge in [-0.2, -0.15) is 13.2 Å². The number of rotatable bonds is 5. The average Bonchev–Trinajstić information content (AvgIpc) is 2.91. The number of benzene rings is 2. The van der Waals surface area contributed by atoms with Crippen LogP contribution in [0.25, 0.3) is 0 Å². The van der Waals surface area contributed by atoms with Crippen LogP contribution in [-0.4, -0.2) is 29.3 Å². The van der Waals surface area contributed by atoms with Crippen molar-refractivity contribution in [2.24, 2.45) is 0 Å². The number of para-hydroxylation sites is 1. The highest BCUT2D eigenvalue weighted by molar-refractivity contribution is 6.10. The van der Waals surface area contributed by atoms with Gasteiger partial charge in [0, 0.05) is 5.69 Å². The van der Waals surface area contributed by atoms with Crippen LogP contribution in [0.5, 0.6) is 0 Å². The topological polar surface area (TPSA) is 78.5 Å². The number of carbonyl (C=O) groups excluding carboxylic acids is 3. The number of nitrogens with one attached hydrogen (secondary N) is 2. The summed E-state index contributed by atoms with van der Waals surface area (Å²) in [7, 11) is 0. The molecule has 1 saturated heterocycles. The first kappa shape index (κ1) is 21.4. The molecule has 0 saturated carbocycles. The molecule has 158 valence electrons. The second kappa shape index (κ2) is 7.81. The summed E-state index contributed by atoms with van der Waals surface area (Å²) in [6.45, 7) is 2.49. The largest absolute Gasteiger partial charge is 0.416 e. The van der Waals surface area contributed by atoms with Crippen molar-refractivity contribution in [2.75, 3.05) is 11.9 Å². The van der Waals surface area contributed by atoms with Gasteiger partial charge in [-0.3, -0.25) is 14.5 Å². The van der Waals surface area contributed by atoms with Crippen molar-refractivity contribution in [3.05, 3.63) is 65.2 Å². The van der Waals surface area contributed by atoms with Crippen molar-refractivity contribution in [2.45, 2.75) is 32.0 Å². The van der Waals surface area contributed by atoms with Crippen LogP contribution in [0, 0.1) is 0 Å². The number of alkyl halides is 3. The lowest BCUT2D eigenvalue weighted by atomic mass is 9.87. The summed E-state index contributed by atoms with van der Waals surface area (Å²) in [5, 5.41) is 4.95. The fraction of sp³-hybridized carbons (Fsp3) is 0.286. The number of hydrogen-bond acceptors (Lipinski definition) is 3. The zero-order chi connectivity index (χ0) is 22.1. The number of aryl methyl sites for hydroxylation is 1. The van der Waals surface area contributed by atoms with E-state index >= 15 is 0 Å². The van der Waals surface area contributed by atoms with Gasteiger partial charge in [-0.15, -0.1) is 0 Å². The number of hydrogen-bond donors (Lipinski definition) is 2. The normalized spacial score (nSPS) is 19.0. The molecule has 1 aliphatic rings. The van der Waals surface area contributed by atoms with E-state index in [9.17, 15) is 27.6 Å². The Labute approximate surface area is 171 Å². The maximum atomic E-state index is 13.4. The smallest absolute Gasteiger partial charge is 0.324 e. The van der Waals surface area contributed by atoms with Crippen LogP contribution in [0.4, 0.5) is 23.7 Å². The van der Waals surface area contributed by atoms with Gasteiger partial charge >= 0.3 is 12.2 Å². The molecule has 3 rings (SSSR count). The van der Waals surface area contributed by atoms with E-state index in [-0.39, 0.29) is 5.56 Å². The fourth-order valence-electron chi connectivity index (χ4n) is 3.47. The Morgan fingerprint density at radius 1 is 1.10 bits per heavy atom. The van der Waals surface area contributed by atoms with Gasteiger partial charge in [-0.05, 0) is 36.6 Å². The van der Waals surface area contributed by atoms with E-state index in [2.05, 4.69) is 10.6 Å². The Balaban J connectivity index is 1.84. The molecule has 2 aromatic carbocycles. The Bertz CT molecular complexity index is 1010. The van der Waals surface area contributed by atoms with E-state index < -0.39 is 41.7 Å². The second-order valence-electron chi connectivity index (χ2n) is 7.05. The van der Waals surface area contributed by atoms with E-state index in [1.807, 2.05) is 19.1 Å². The first-order valence-corrected chi connectivity index (χ1v) is 9.26. The maximum Gasteiger partial charge on any atom is 0.416 e. The van der Waals surface area contributed by atoms with Crippen LogP contribution in [0.2, 0.25) is 0 Å². The number of imide groups is 1. The molecule has 1 atom stereocenters. The van der Waals surface area contributed by atoms with Gasteiger partial charge in [-0.25, -0.2) is 4.79 Å². The van der Waals surface area contributed by atoms with Crippen molar-refractivity contribution in [1.82, 2.24) is 10.2 Å². The summed E-state index contributed by atoms with van der Waals surface area (Å²) in [4.78, 5) is 38.4. The van der Waals surface area contributed by atoms with E-state index in [1.165, 1.54) is 19.1 Å². The molecule has 6 nitrogen and oxygen atoms in total. The third kappa shape index (κ3) is 3.87. The molecule has 2 aromatic rings. The predicted molar refractivity (Wildman–Crippen MR) is 103 cm³/mol. The van der Waals surface area contributed by atoms with E-state index in [4.69, 9.17) is 0 Å². The number of amides is 4. The van der Waals surface area contributed by atoms with Crippen LogP contribution in [0.1, 0.15) is 30.5 Å². The van der Waals surface area contributed by atoms with E-state index in [1.54, 1.807) is 12.1 Å². The molecular weight excluding hydrogens is 399 g/mol. The van der Waals surface area contributed by atoms with Crippen molar-refractivity contribution >= 4 is 23.5 Å². The molecule has 1 aliphatic heterocycles. The standard InChI is InChI=1S/C21H20F3N3O3/c1-3-13-8-4-7-11-16(13)25-17(28)12-27-18(29)20(2,26-19(27)30)14-9-5-6-10-15(14)21(22,23)24/h4-11H,3,12H2,1-2H3,(H,25,28)(H,26,30)/t20-/m1/s1. The molecule has 0 aromatic heterocycles. The SMILES string of the molecule is CCc1ccccc1NC(=O)CN1C(=O)N[C@](C)(c2ccccc2C(F)(F)F)C1=O. The first-order valence-electron chi connectivity index (χ1n) is 9.26. The minimum Gasteiger partial charge on any atom is -0.324 e. The highest BCUT2D eigenvalue weighted by Crippen LogP contribution is 2.39. The maximum absolute atomic E-state index is 13.4. The molecule has 1 heterocycles. The first-order chi connectivity index (χ1) is 14.1. The molecule has 4 amide bonds. The van der Waals surface area contributed by atoms with Crippen molar-refractivity contribution in [1.29, 1.82) is 0 Å². The molecular formula is C21H20F3N3O3. The zero-order valence-corrected chi connectivity index (χ0v) is 16.3. The Hall–Kier alpha value is -3.36. The molecule has 0 unspecified atom stereocenters. The summed E-state index contributed by atoms with van der Waals surface area (Å²) < 4.78 is 40.2. The van der Waals surface area contributed by atoms with Gasteiger partial charge in [0.2, 0.25) is 5.91 Å². The van der Waals surface area contributed by atoms with Crippen LogP contribution >= 0.6 is 0 Å². The Morgan fingerprint density at radius 3 is 2.40 bits per heavy atom. The van der Waals surface area contributed by atoms with Crippen molar-refractivity contribution < 1.29 is 27.6 Å². The third-order valence-electron chi connectivity index (χ3n) is 5.02. The number of halogens is 3. The van der Waals surface area contributed by atoms with Crippen LogP contribution in [-0.2, 0) is 27.7 Å². The summed E-state index contributed by atoms with van der Waals surface area (Å²) >= 11 is 0. The highest BCUT2D eigenvalue weighted by atomic mass is 19.4. The van der Waals surface area contributed by atoms with Gasteiger partial charge in [0.1, 0.15) is 12.1 Å². The van der Waals surface area contributed by atoms with Gasteiger partial charge in [0.05, 0.1) is 5.56 Å². The van der Waals surface area contributed by atoms with Crippen LogP contribution in [0.15, 0.2) is 48.5 Å². The van der Waals surface area contributed by atoms with Crippen molar-refractivity contribution in [3.8, 4) is 0 Å².